The first kappa shape index (κ1) is 15.5. The second kappa shape index (κ2) is 6.05. The van der Waals surface area contributed by atoms with Crippen LogP contribution in [0, 0.1) is 5.41 Å². The third-order valence-electron chi connectivity index (χ3n) is 3.76. The van der Waals surface area contributed by atoms with E-state index in [0.29, 0.717) is 5.41 Å². The third-order valence-corrected chi connectivity index (χ3v) is 5.14. The average molecular weight is 266 g/mol. The lowest BCUT2D eigenvalue weighted by atomic mass is 9.86. The van der Waals surface area contributed by atoms with Crippen LogP contribution in [0.4, 0.5) is 0 Å². The molecule has 1 aromatic rings. The van der Waals surface area contributed by atoms with Gasteiger partial charge >= 0.3 is 0 Å². The second-order valence-corrected chi connectivity index (χ2v) is 7.21. The number of hydrogen-bond acceptors (Lipinski definition) is 3. The fourth-order valence-corrected chi connectivity index (χ4v) is 2.35. The molecule has 0 fully saturated rings. The van der Waals surface area contributed by atoms with Crippen LogP contribution in [0.1, 0.15) is 60.1 Å². The van der Waals surface area contributed by atoms with E-state index in [1.54, 1.807) is 11.8 Å². The Morgan fingerprint density at radius 2 is 1.78 bits per heavy atom. The number of hydrogen-bond donors (Lipinski definition) is 0. The Hall–Kier alpha value is -0.570. The van der Waals surface area contributed by atoms with Gasteiger partial charge < -0.3 is 0 Å². The summed E-state index contributed by atoms with van der Waals surface area (Å²) in [6.45, 7) is 13.5. The molecule has 0 aliphatic rings. The Labute approximate surface area is 116 Å². The first-order valence-corrected chi connectivity index (χ1v) is 7.75. The standard InChI is InChI=1S/C15H26N2S/c1-7-14(3,4)11-18-13-16-10-9-12(17-13)15(5,6)8-2/h9-10H,7-8,11H2,1-6H3. The van der Waals surface area contributed by atoms with Gasteiger partial charge in [0.05, 0.1) is 5.69 Å². The normalized spacial score (nSPS) is 12.8. The quantitative estimate of drug-likeness (QED) is 0.551. The smallest absolute Gasteiger partial charge is 0.187 e. The molecule has 1 heterocycles. The molecule has 0 N–H and O–H groups in total. The molecule has 0 saturated heterocycles. The first-order valence-electron chi connectivity index (χ1n) is 6.77. The van der Waals surface area contributed by atoms with Crippen LogP contribution < -0.4 is 0 Å². The highest BCUT2D eigenvalue weighted by molar-refractivity contribution is 7.99. The molecule has 0 radical (unpaired) electrons. The van der Waals surface area contributed by atoms with Crippen molar-refractivity contribution in [3.05, 3.63) is 18.0 Å². The van der Waals surface area contributed by atoms with Crippen molar-refractivity contribution >= 4 is 11.8 Å². The van der Waals surface area contributed by atoms with Gasteiger partial charge in [0, 0.05) is 17.4 Å². The van der Waals surface area contributed by atoms with Gasteiger partial charge in [-0.05, 0) is 17.9 Å². The molecule has 0 unspecified atom stereocenters. The number of rotatable bonds is 6. The molecule has 0 aromatic carbocycles. The van der Waals surface area contributed by atoms with E-state index in [1.807, 2.05) is 12.3 Å². The van der Waals surface area contributed by atoms with Crippen molar-refractivity contribution in [1.29, 1.82) is 0 Å². The Morgan fingerprint density at radius 1 is 1.11 bits per heavy atom. The van der Waals surface area contributed by atoms with Crippen LogP contribution in [0.15, 0.2) is 17.4 Å². The summed E-state index contributed by atoms with van der Waals surface area (Å²) in [5.41, 5.74) is 1.64. The lowest BCUT2D eigenvalue weighted by Crippen LogP contribution is -2.18. The van der Waals surface area contributed by atoms with Crippen molar-refractivity contribution in [2.45, 2.75) is 65.0 Å². The number of thioether (sulfide) groups is 1. The molecule has 0 bridgehead atoms. The van der Waals surface area contributed by atoms with E-state index in [0.717, 1.165) is 23.0 Å². The van der Waals surface area contributed by atoms with Crippen LogP contribution in [-0.2, 0) is 5.41 Å². The molecular formula is C15H26N2S. The third kappa shape index (κ3) is 4.27. The molecule has 0 atom stereocenters. The van der Waals surface area contributed by atoms with Gasteiger partial charge in [-0.25, -0.2) is 9.97 Å². The molecule has 0 amide bonds. The monoisotopic (exact) mass is 266 g/mol. The number of nitrogens with zero attached hydrogens (tertiary/aromatic N) is 2. The van der Waals surface area contributed by atoms with Gasteiger partial charge in [-0.2, -0.15) is 0 Å². The van der Waals surface area contributed by atoms with Crippen LogP contribution >= 0.6 is 11.8 Å². The van der Waals surface area contributed by atoms with Gasteiger partial charge in [0.2, 0.25) is 0 Å². The van der Waals surface area contributed by atoms with E-state index in [4.69, 9.17) is 4.98 Å². The summed E-state index contributed by atoms with van der Waals surface area (Å²) >= 11 is 1.77. The Morgan fingerprint density at radius 3 is 2.33 bits per heavy atom. The molecule has 2 nitrogen and oxygen atoms in total. The zero-order valence-corrected chi connectivity index (χ0v) is 13.4. The fraction of sp³-hybridized carbons (Fsp3) is 0.733. The minimum Gasteiger partial charge on any atom is -0.231 e. The lowest BCUT2D eigenvalue weighted by Gasteiger charge is -2.23. The predicted molar refractivity (Wildman–Crippen MR) is 80.1 cm³/mol. The van der Waals surface area contributed by atoms with Crippen LogP contribution in [0.5, 0.6) is 0 Å². The molecule has 3 heteroatoms. The van der Waals surface area contributed by atoms with Crippen LogP contribution in [0.25, 0.3) is 0 Å². The second-order valence-electron chi connectivity index (χ2n) is 6.27. The predicted octanol–water partition coefficient (Wildman–Crippen LogP) is 4.69. The van der Waals surface area contributed by atoms with E-state index in [2.05, 4.69) is 46.5 Å². The van der Waals surface area contributed by atoms with Gasteiger partial charge in [0.15, 0.2) is 5.16 Å². The van der Waals surface area contributed by atoms with Gasteiger partial charge in [0.1, 0.15) is 0 Å². The number of aromatic nitrogens is 2. The molecule has 18 heavy (non-hydrogen) atoms. The Balaban J connectivity index is 2.78. The molecule has 0 aliphatic carbocycles. The summed E-state index contributed by atoms with van der Waals surface area (Å²) in [6, 6.07) is 2.04. The molecule has 1 rings (SSSR count). The van der Waals surface area contributed by atoms with Crippen molar-refractivity contribution in [2.75, 3.05) is 5.75 Å². The zero-order chi connectivity index (χ0) is 13.8. The first-order chi connectivity index (χ1) is 8.30. The highest BCUT2D eigenvalue weighted by Gasteiger charge is 2.21. The largest absolute Gasteiger partial charge is 0.231 e. The molecule has 0 spiro atoms. The maximum absolute atomic E-state index is 4.70. The minimum atomic E-state index is 0.137. The molecule has 102 valence electrons. The molecular weight excluding hydrogens is 240 g/mol. The van der Waals surface area contributed by atoms with Crippen molar-refractivity contribution < 1.29 is 0 Å². The Bertz CT molecular complexity index is 386. The summed E-state index contributed by atoms with van der Waals surface area (Å²) < 4.78 is 0. The van der Waals surface area contributed by atoms with E-state index >= 15 is 0 Å². The van der Waals surface area contributed by atoms with E-state index in [9.17, 15) is 0 Å². The topological polar surface area (TPSA) is 25.8 Å². The fourth-order valence-electron chi connectivity index (χ4n) is 1.33. The van der Waals surface area contributed by atoms with Crippen molar-refractivity contribution in [2.24, 2.45) is 5.41 Å². The van der Waals surface area contributed by atoms with Crippen LogP contribution in [0.2, 0.25) is 0 Å². The highest BCUT2D eigenvalue weighted by Crippen LogP contribution is 2.30. The van der Waals surface area contributed by atoms with Gasteiger partial charge in [0.25, 0.3) is 0 Å². The molecule has 0 aliphatic heterocycles. The van der Waals surface area contributed by atoms with Crippen molar-refractivity contribution in [1.82, 2.24) is 9.97 Å². The SMILES string of the molecule is CCC(C)(C)CSc1nccc(C(C)(C)CC)n1. The van der Waals surface area contributed by atoms with E-state index in [-0.39, 0.29) is 5.41 Å². The molecule has 1 aromatic heterocycles. The molecule has 0 saturated carbocycles. The maximum atomic E-state index is 4.70. The zero-order valence-electron chi connectivity index (χ0n) is 12.6. The van der Waals surface area contributed by atoms with E-state index in [1.165, 1.54) is 6.42 Å². The van der Waals surface area contributed by atoms with E-state index < -0.39 is 0 Å². The summed E-state index contributed by atoms with van der Waals surface area (Å²) in [5.74, 6) is 1.07. The maximum Gasteiger partial charge on any atom is 0.187 e. The summed E-state index contributed by atoms with van der Waals surface area (Å²) in [5, 5.41) is 0.913. The summed E-state index contributed by atoms with van der Waals surface area (Å²) in [7, 11) is 0. The lowest BCUT2D eigenvalue weighted by molar-refractivity contribution is 0.407. The summed E-state index contributed by atoms with van der Waals surface area (Å²) in [4.78, 5) is 9.08. The Kier molecular flexibility index (Phi) is 5.20. The van der Waals surface area contributed by atoms with Crippen LogP contribution in [0.3, 0.4) is 0 Å². The van der Waals surface area contributed by atoms with Gasteiger partial charge in [-0.1, -0.05) is 59.7 Å². The van der Waals surface area contributed by atoms with Crippen molar-refractivity contribution in [3.63, 3.8) is 0 Å². The van der Waals surface area contributed by atoms with Gasteiger partial charge in [-0.15, -0.1) is 0 Å². The average Bonchev–Trinajstić information content (AvgIpc) is 2.37. The summed E-state index contributed by atoms with van der Waals surface area (Å²) in [6.07, 6.45) is 4.16. The van der Waals surface area contributed by atoms with Crippen LogP contribution in [-0.4, -0.2) is 15.7 Å². The van der Waals surface area contributed by atoms with Gasteiger partial charge in [-0.3, -0.25) is 0 Å². The highest BCUT2D eigenvalue weighted by atomic mass is 32.2. The van der Waals surface area contributed by atoms with Crippen molar-refractivity contribution in [3.8, 4) is 0 Å². The minimum absolute atomic E-state index is 0.137.